The third-order valence-electron chi connectivity index (χ3n) is 5.70. The number of carbonyl (C=O) groups excluding carboxylic acids is 1. The monoisotopic (exact) mass is 343 g/mol. The molecule has 25 heavy (non-hydrogen) atoms. The van der Waals surface area contributed by atoms with Crippen molar-refractivity contribution in [1.29, 1.82) is 0 Å². The molecule has 136 valence electrons. The lowest BCUT2D eigenvalue weighted by Crippen LogP contribution is -2.39. The molecule has 4 heteroatoms. The van der Waals surface area contributed by atoms with Crippen molar-refractivity contribution in [1.82, 2.24) is 4.90 Å². The zero-order valence-corrected chi connectivity index (χ0v) is 15.3. The van der Waals surface area contributed by atoms with E-state index in [1.807, 2.05) is 0 Å². The molecule has 0 atom stereocenters. The Morgan fingerprint density at radius 3 is 2.04 bits per heavy atom. The summed E-state index contributed by atoms with van der Waals surface area (Å²) >= 11 is 0. The summed E-state index contributed by atoms with van der Waals surface area (Å²) < 4.78 is 0. The van der Waals surface area contributed by atoms with Crippen LogP contribution in [-0.2, 0) is 16.1 Å². The lowest BCUT2D eigenvalue weighted by atomic mass is 9.81. The average Bonchev–Trinajstić information content (AvgIpc) is 3.44. The fraction of sp³-hybridized carbons (Fsp3) is 0.619. The Bertz CT molecular complexity index is 611. The summed E-state index contributed by atoms with van der Waals surface area (Å²) in [6.07, 6.45) is 4.89. The number of benzene rings is 1. The van der Waals surface area contributed by atoms with Crippen LogP contribution in [0, 0.1) is 11.8 Å². The van der Waals surface area contributed by atoms with Crippen LogP contribution in [0.25, 0.3) is 0 Å². The Hall–Kier alpha value is -1.84. The number of aliphatic carboxylic acids is 1. The van der Waals surface area contributed by atoms with E-state index in [1.54, 1.807) is 0 Å². The van der Waals surface area contributed by atoms with E-state index in [0.717, 1.165) is 12.8 Å². The molecule has 2 saturated carbocycles. The average molecular weight is 343 g/mol. The van der Waals surface area contributed by atoms with Gasteiger partial charge in [0.05, 0.1) is 5.92 Å². The van der Waals surface area contributed by atoms with Gasteiger partial charge in [-0.05, 0) is 55.6 Å². The van der Waals surface area contributed by atoms with Crippen molar-refractivity contribution in [2.45, 2.75) is 70.9 Å². The summed E-state index contributed by atoms with van der Waals surface area (Å²) in [5.41, 5.74) is 2.50. The van der Waals surface area contributed by atoms with Gasteiger partial charge in [0, 0.05) is 18.5 Å². The molecule has 1 N–H and O–H groups in total. The van der Waals surface area contributed by atoms with E-state index in [9.17, 15) is 9.59 Å². The summed E-state index contributed by atoms with van der Waals surface area (Å²) in [4.78, 5) is 26.2. The molecule has 0 heterocycles. The zero-order chi connectivity index (χ0) is 18.0. The second-order valence-electron chi connectivity index (χ2n) is 7.98. The highest BCUT2D eigenvalue weighted by Gasteiger charge is 2.38. The summed E-state index contributed by atoms with van der Waals surface area (Å²) in [5, 5.41) is 9.13. The molecule has 0 saturated heterocycles. The Morgan fingerprint density at radius 2 is 1.56 bits per heavy atom. The van der Waals surface area contributed by atoms with Crippen molar-refractivity contribution in [2.24, 2.45) is 11.8 Å². The molecule has 2 fully saturated rings. The van der Waals surface area contributed by atoms with E-state index in [2.05, 4.69) is 43.0 Å². The van der Waals surface area contributed by atoms with Gasteiger partial charge in [0.15, 0.2) is 0 Å². The minimum atomic E-state index is -0.713. The predicted molar refractivity (Wildman–Crippen MR) is 97.2 cm³/mol. The number of hydrogen-bond donors (Lipinski definition) is 1. The number of nitrogens with zero attached hydrogens (tertiary/aromatic N) is 1. The largest absolute Gasteiger partial charge is 0.481 e. The maximum Gasteiger partial charge on any atom is 0.306 e. The Kier molecular flexibility index (Phi) is 5.45. The second kappa shape index (κ2) is 7.59. The fourth-order valence-electron chi connectivity index (χ4n) is 3.80. The number of carboxylic acids is 1. The molecule has 0 unspecified atom stereocenters. The first-order chi connectivity index (χ1) is 12.0. The molecule has 0 spiro atoms. The second-order valence-corrected chi connectivity index (χ2v) is 7.98. The van der Waals surface area contributed by atoms with Crippen LogP contribution in [0.15, 0.2) is 24.3 Å². The van der Waals surface area contributed by atoms with Crippen LogP contribution < -0.4 is 0 Å². The Labute approximate surface area is 150 Å². The number of carboxylic acid groups (broad SMARTS) is 1. The summed E-state index contributed by atoms with van der Waals surface area (Å²) in [6, 6.07) is 8.98. The van der Waals surface area contributed by atoms with Crippen LogP contribution in [0.3, 0.4) is 0 Å². The van der Waals surface area contributed by atoms with Gasteiger partial charge in [0.2, 0.25) is 5.91 Å². The van der Waals surface area contributed by atoms with Crippen molar-refractivity contribution in [3.63, 3.8) is 0 Å². The molecule has 4 nitrogen and oxygen atoms in total. The van der Waals surface area contributed by atoms with E-state index in [4.69, 9.17) is 5.11 Å². The predicted octanol–water partition coefficient (Wildman–Crippen LogP) is 4.19. The molecule has 0 bridgehead atoms. The molecule has 0 radical (unpaired) electrons. The van der Waals surface area contributed by atoms with Gasteiger partial charge in [-0.15, -0.1) is 0 Å². The number of amides is 1. The smallest absolute Gasteiger partial charge is 0.306 e. The van der Waals surface area contributed by atoms with E-state index in [-0.39, 0.29) is 17.7 Å². The maximum atomic E-state index is 13.0. The molecular formula is C21H29NO3. The van der Waals surface area contributed by atoms with Crippen molar-refractivity contribution >= 4 is 11.9 Å². The van der Waals surface area contributed by atoms with Crippen molar-refractivity contribution in [3.05, 3.63) is 35.4 Å². The fourth-order valence-corrected chi connectivity index (χ4v) is 3.80. The highest BCUT2D eigenvalue weighted by atomic mass is 16.4. The van der Waals surface area contributed by atoms with Gasteiger partial charge >= 0.3 is 5.97 Å². The van der Waals surface area contributed by atoms with Gasteiger partial charge in [-0.3, -0.25) is 9.59 Å². The van der Waals surface area contributed by atoms with Crippen LogP contribution in [0.2, 0.25) is 0 Å². The number of hydrogen-bond acceptors (Lipinski definition) is 2. The lowest BCUT2D eigenvalue weighted by molar-refractivity contribution is -0.146. The number of rotatable bonds is 6. The maximum absolute atomic E-state index is 13.0. The van der Waals surface area contributed by atoms with Crippen LogP contribution in [0.5, 0.6) is 0 Å². The molecule has 3 rings (SSSR count). The third kappa shape index (κ3) is 4.42. The van der Waals surface area contributed by atoms with Crippen LogP contribution >= 0.6 is 0 Å². The quantitative estimate of drug-likeness (QED) is 0.842. The van der Waals surface area contributed by atoms with Gasteiger partial charge in [0.25, 0.3) is 0 Å². The molecule has 0 aliphatic heterocycles. The molecule has 2 aliphatic rings. The molecular weight excluding hydrogens is 314 g/mol. The normalized spacial score (nSPS) is 23.5. The first kappa shape index (κ1) is 18.0. The summed E-state index contributed by atoms with van der Waals surface area (Å²) in [6.45, 7) is 5.05. The lowest BCUT2D eigenvalue weighted by Gasteiger charge is -2.31. The SMILES string of the molecule is CC(C)c1ccc(CN(C(=O)C2CCC(C(=O)O)CC2)C2CC2)cc1. The van der Waals surface area contributed by atoms with Gasteiger partial charge < -0.3 is 10.0 Å². The van der Waals surface area contributed by atoms with Crippen molar-refractivity contribution in [2.75, 3.05) is 0 Å². The van der Waals surface area contributed by atoms with E-state index < -0.39 is 5.97 Å². The van der Waals surface area contributed by atoms with Crippen molar-refractivity contribution in [3.8, 4) is 0 Å². The van der Waals surface area contributed by atoms with Gasteiger partial charge in [-0.2, -0.15) is 0 Å². The van der Waals surface area contributed by atoms with Crippen molar-refractivity contribution < 1.29 is 14.7 Å². The Balaban J connectivity index is 1.63. The molecule has 2 aliphatic carbocycles. The Morgan fingerprint density at radius 1 is 1.00 bits per heavy atom. The minimum absolute atomic E-state index is 0.00568. The van der Waals surface area contributed by atoms with Gasteiger partial charge in [-0.25, -0.2) is 0 Å². The topological polar surface area (TPSA) is 57.6 Å². The zero-order valence-electron chi connectivity index (χ0n) is 15.3. The molecule has 1 amide bonds. The van der Waals surface area contributed by atoms with Gasteiger partial charge in [0.1, 0.15) is 0 Å². The van der Waals surface area contributed by atoms with E-state index in [1.165, 1.54) is 11.1 Å². The molecule has 1 aromatic carbocycles. The van der Waals surface area contributed by atoms with Crippen LogP contribution in [0.4, 0.5) is 0 Å². The third-order valence-corrected chi connectivity index (χ3v) is 5.70. The summed E-state index contributed by atoms with van der Waals surface area (Å²) in [5.74, 6) is -0.220. The van der Waals surface area contributed by atoms with Crippen LogP contribution in [-0.4, -0.2) is 27.9 Å². The van der Waals surface area contributed by atoms with Gasteiger partial charge in [-0.1, -0.05) is 38.1 Å². The van der Waals surface area contributed by atoms with E-state index >= 15 is 0 Å². The standard InChI is InChI=1S/C21H29NO3/c1-14(2)16-5-3-15(4-6-16)13-22(19-11-12-19)20(23)17-7-9-18(10-8-17)21(24)25/h3-6,14,17-19H,7-13H2,1-2H3,(H,24,25). The molecule has 0 aromatic heterocycles. The minimum Gasteiger partial charge on any atom is -0.481 e. The summed E-state index contributed by atoms with van der Waals surface area (Å²) in [7, 11) is 0. The first-order valence-corrected chi connectivity index (χ1v) is 9.58. The highest BCUT2D eigenvalue weighted by Crippen LogP contribution is 2.35. The highest BCUT2D eigenvalue weighted by molar-refractivity contribution is 5.80. The first-order valence-electron chi connectivity index (χ1n) is 9.58. The van der Waals surface area contributed by atoms with Crippen LogP contribution in [0.1, 0.15) is 69.4 Å². The van der Waals surface area contributed by atoms with E-state index in [0.29, 0.717) is 44.2 Å². The molecule has 1 aromatic rings. The number of carbonyl (C=O) groups is 2.